The molecule has 2 amide bonds. The highest BCUT2D eigenvalue weighted by molar-refractivity contribution is 7.13. The molecule has 0 saturated carbocycles. The number of hydrogen-bond donors (Lipinski definition) is 2. The quantitative estimate of drug-likeness (QED) is 0.301. The smallest absolute Gasteiger partial charge is 0.325 e. The van der Waals surface area contributed by atoms with Gasteiger partial charge in [-0.1, -0.05) is 12.1 Å². The van der Waals surface area contributed by atoms with Gasteiger partial charge in [0.25, 0.3) is 0 Å². The van der Waals surface area contributed by atoms with Gasteiger partial charge in [-0.3, -0.25) is 10.3 Å². The summed E-state index contributed by atoms with van der Waals surface area (Å²) in [6.07, 6.45) is 3.33. The molecule has 0 atom stereocenters. The van der Waals surface area contributed by atoms with E-state index in [2.05, 4.69) is 20.6 Å². The number of urea groups is 1. The van der Waals surface area contributed by atoms with Gasteiger partial charge in [-0.15, -0.1) is 11.3 Å². The second-order valence-electron chi connectivity index (χ2n) is 7.24. The molecule has 0 aliphatic carbocycles. The lowest BCUT2D eigenvalue weighted by atomic mass is 10.1. The number of amides is 2. The van der Waals surface area contributed by atoms with Gasteiger partial charge in [-0.05, 0) is 41.8 Å². The average Bonchev–Trinajstić information content (AvgIpc) is 3.36. The van der Waals surface area contributed by atoms with Crippen molar-refractivity contribution in [1.82, 2.24) is 9.97 Å². The molecule has 0 bridgehead atoms. The number of hydrogen-bond acceptors (Lipinski definition) is 7. The number of thiazole rings is 1. The van der Waals surface area contributed by atoms with Crippen molar-refractivity contribution in [2.75, 3.05) is 24.9 Å². The number of pyridine rings is 1. The van der Waals surface area contributed by atoms with Crippen LogP contribution in [0.25, 0.3) is 21.7 Å². The molecule has 5 rings (SSSR count). The Morgan fingerprint density at radius 1 is 0.853 bits per heavy atom. The highest BCUT2D eigenvalue weighted by atomic mass is 32.1. The molecule has 0 aliphatic heterocycles. The Morgan fingerprint density at radius 2 is 1.71 bits per heavy atom. The Hall–Kier alpha value is -4.37. The molecular formula is C25H20N4O4S. The lowest BCUT2D eigenvalue weighted by Crippen LogP contribution is -2.19. The number of nitrogens with one attached hydrogen (secondary N) is 2. The van der Waals surface area contributed by atoms with Gasteiger partial charge in [0.15, 0.2) is 16.6 Å². The molecule has 2 N–H and O–H groups in total. The molecule has 5 aromatic rings. The van der Waals surface area contributed by atoms with Gasteiger partial charge < -0.3 is 19.5 Å². The first-order valence-electron chi connectivity index (χ1n) is 10.3. The fraction of sp³-hybridized carbons (Fsp3) is 0.0800. The van der Waals surface area contributed by atoms with Crippen LogP contribution in [0.5, 0.6) is 23.0 Å². The molecule has 2 aromatic heterocycles. The third-order valence-corrected chi connectivity index (χ3v) is 5.88. The van der Waals surface area contributed by atoms with Crippen LogP contribution in [0.15, 0.2) is 72.4 Å². The fourth-order valence-corrected chi connectivity index (χ4v) is 4.16. The van der Waals surface area contributed by atoms with Gasteiger partial charge in [-0.25, -0.2) is 9.78 Å². The standard InChI is InChI=1S/C25H20N4O4S/c1-31-22-13-18-20(14-23(22)32-2)26-9-8-21(18)33-16-6-7-17-15(12-16)4-3-5-19(17)28-24(30)29-25-27-10-11-34-25/h3-14H,1-2H3,(H2,27,28,29,30). The fourth-order valence-electron chi connectivity index (χ4n) is 3.63. The second kappa shape index (κ2) is 9.24. The average molecular weight is 473 g/mol. The molecule has 8 nitrogen and oxygen atoms in total. The van der Waals surface area contributed by atoms with Crippen LogP contribution in [-0.2, 0) is 0 Å². The predicted molar refractivity (Wildman–Crippen MR) is 134 cm³/mol. The number of carbonyl (C=O) groups is 1. The third-order valence-electron chi connectivity index (χ3n) is 5.19. The van der Waals surface area contributed by atoms with Gasteiger partial charge >= 0.3 is 6.03 Å². The van der Waals surface area contributed by atoms with Crippen LogP contribution < -0.4 is 24.8 Å². The van der Waals surface area contributed by atoms with Gasteiger partial charge in [0, 0.05) is 34.6 Å². The number of ether oxygens (including phenoxy) is 3. The van der Waals surface area contributed by atoms with E-state index in [4.69, 9.17) is 14.2 Å². The maximum Gasteiger partial charge on any atom is 0.325 e. The summed E-state index contributed by atoms with van der Waals surface area (Å²) in [6, 6.07) is 16.5. The summed E-state index contributed by atoms with van der Waals surface area (Å²) in [5, 5.41) is 10.5. The molecule has 2 heterocycles. The second-order valence-corrected chi connectivity index (χ2v) is 8.13. The highest BCUT2D eigenvalue weighted by Gasteiger charge is 2.12. The normalized spacial score (nSPS) is 10.8. The summed E-state index contributed by atoms with van der Waals surface area (Å²) >= 11 is 1.35. The first kappa shape index (κ1) is 21.5. The molecule has 34 heavy (non-hydrogen) atoms. The van der Waals surface area contributed by atoms with Crippen molar-refractivity contribution >= 4 is 49.9 Å². The van der Waals surface area contributed by atoms with E-state index in [-0.39, 0.29) is 6.03 Å². The summed E-state index contributed by atoms with van der Waals surface area (Å²) in [5.74, 6) is 2.49. The van der Waals surface area contributed by atoms with Crippen molar-refractivity contribution < 1.29 is 19.0 Å². The van der Waals surface area contributed by atoms with E-state index < -0.39 is 0 Å². The molecule has 170 valence electrons. The Balaban J connectivity index is 1.43. The van der Waals surface area contributed by atoms with Crippen LogP contribution in [0.1, 0.15) is 0 Å². The zero-order chi connectivity index (χ0) is 23.5. The zero-order valence-corrected chi connectivity index (χ0v) is 19.2. The predicted octanol–water partition coefficient (Wildman–Crippen LogP) is 6.30. The van der Waals surface area contributed by atoms with Crippen molar-refractivity contribution in [3.63, 3.8) is 0 Å². The van der Waals surface area contributed by atoms with E-state index in [0.717, 1.165) is 21.7 Å². The lowest BCUT2D eigenvalue weighted by molar-refractivity contribution is 0.262. The van der Waals surface area contributed by atoms with Crippen molar-refractivity contribution in [3.8, 4) is 23.0 Å². The Morgan fingerprint density at radius 3 is 2.50 bits per heavy atom. The maximum atomic E-state index is 12.3. The summed E-state index contributed by atoms with van der Waals surface area (Å²) in [6.45, 7) is 0. The summed E-state index contributed by atoms with van der Waals surface area (Å²) < 4.78 is 17.0. The number of anilines is 2. The van der Waals surface area contributed by atoms with E-state index in [0.29, 0.717) is 33.8 Å². The minimum atomic E-state index is -0.351. The Kier molecular flexibility index (Phi) is 5.84. The molecule has 0 spiro atoms. The van der Waals surface area contributed by atoms with Crippen molar-refractivity contribution in [3.05, 3.63) is 72.4 Å². The SMILES string of the molecule is COc1cc2nccc(Oc3ccc4c(NC(=O)Nc5nccs5)cccc4c3)c2cc1OC. The van der Waals surface area contributed by atoms with Crippen molar-refractivity contribution in [1.29, 1.82) is 0 Å². The van der Waals surface area contributed by atoms with Gasteiger partial charge in [-0.2, -0.15) is 0 Å². The zero-order valence-electron chi connectivity index (χ0n) is 18.4. The van der Waals surface area contributed by atoms with Gasteiger partial charge in [0.2, 0.25) is 0 Å². The molecule has 0 fully saturated rings. The molecular weight excluding hydrogens is 452 g/mol. The van der Waals surface area contributed by atoms with Crippen LogP contribution in [0.2, 0.25) is 0 Å². The first-order valence-corrected chi connectivity index (χ1v) is 11.2. The van der Waals surface area contributed by atoms with E-state index in [1.165, 1.54) is 11.3 Å². The highest BCUT2D eigenvalue weighted by Crippen LogP contribution is 2.37. The van der Waals surface area contributed by atoms with Crippen LogP contribution in [0.4, 0.5) is 15.6 Å². The molecule has 9 heteroatoms. The summed E-state index contributed by atoms with van der Waals surface area (Å²) in [5.41, 5.74) is 1.41. The Labute approximate surface area is 199 Å². The van der Waals surface area contributed by atoms with Crippen LogP contribution in [-0.4, -0.2) is 30.2 Å². The number of fused-ring (bicyclic) bond motifs is 2. The number of nitrogens with zero attached hydrogens (tertiary/aromatic N) is 2. The van der Waals surface area contributed by atoms with E-state index in [1.54, 1.807) is 38.1 Å². The van der Waals surface area contributed by atoms with Gasteiger partial charge in [0.05, 0.1) is 25.4 Å². The van der Waals surface area contributed by atoms with Crippen LogP contribution in [0.3, 0.4) is 0 Å². The third kappa shape index (κ3) is 4.28. The largest absolute Gasteiger partial charge is 0.493 e. The number of rotatable bonds is 6. The summed E-state index contributed by atoms with van der Waals surface area (Å²) in [4.78, 5) is 20.8. The van der Waals surface area contributed by atoms with E-state index >= 15 is 0 Å². The van der Waals surface area contributed by atoms with Crippen LogP contribution in [0, 0.1) is 0 Å². The molecule has 0 radical (unpaired) electrons. The molecule has 0 aliphatic rings. The van der Waals surface area contributed by atoms with Gasteiger partial charge in [0.1, 0.15) is 11.5 Å². The maximum absolute atomic E-state index is 12.3. The number of methoxy groups -OCH3 is 2. The van der Waals surface area contributed by atoms with E-state index in [9.17, 15) is 4.79 Å². The number of carbonyl (C=O) groups excluding carboxylic acids is 1. The minimum Gasteiger partial charge on any atom is -0.493 e. The molecule has 0 saturated heterocycles. The number of benzene rings is 3. The monoisotopic (exact) mass is 472 g/mol. The lowest BCUT2D eigenvalue weighted by Gasteiger charge is -2.13. The molecule has 3 aromatic carbocycles. The van der Waals surface area contributed by atoms with Crippen molar-refractivity contribution in [2.45, 2.75) is 0 Å². The van der Waals surface area contributed by atoms with Crippen LogP contribution >= 0.6 is 11.3 Å². The number of aromatic nitrogens is 2. The van der Waals surface area contributed by atoms with E-state index in [1.807, 2.05) is 48.5 Å². The topological polar surface area (TPSA) is 94.6 Å². The minimum absolute atomic E-state index is 0.351. The molecule has 0 unspecified atom stereocenters. The van der Waals surface area contributed by atoms with Crippen molar-refractivity contribution in [2.24, 2.45) is 0 Å². The Bertz CT molecular complexity index is 1490. The first-order chi connectivity index (χ1) is 16.6. The summed E-state index contributed by atoms with van der Waals surface area (Å²) in [7, 11) is 3.18.